The molecule has 2 aliphatic rings. The van der Waals surface area contributed by atoms with Gasteiger partial charge in [0.1, 0.15) is 0 Å². The molecule has 0 aromatic rings. The summed E-state index contributed by atoms with van der Waals surface area (Å²) in [6, 6.07) is 0.449. The number of hydrogen-bond acceptors (Lipinski definition) is 5. The highest BCUT2D eigenvalue weighted by Crippen LogP contribution is 2.14. The second kappa shape index (κ2) is 7.19. The van der Waals surface area contributed by atoms with Gasteiger partial charge in [0.05, 0.1) is 19.3 Å². The van der Waals surface area contributed by atoms with Gasteiger partial charge >= 0.3 is 0 Å². The first kappa shape index (κ1) is 14.7. The van der Waals surface area contributed by atoms with Gasteiger partial charge in [-0.05, 0) is 33.0 Å². The fourth-order valence-electron chi connectivity index (χ4n) is 2.95. The fraction of sp³-hybridized carbons (Fsp3) is 0.923. The van der Waals surface area contributed by atoms with Crippen LogP contribution in [-0.4, -0.2) is 80.8 Å². The van der Waals surface area contributed by atoms with Crippen molar-refractivity contribution in [2.45, 2.75) is 25.0 Å². The van der Waals surface area contributed by atoms with Crippen LogP contribution in [0, 0.1) is 0 Å². The van der Waals surface area contributed by atoms with Crippen LogP contribution in [0.3, 0.4) is 0 Å². The molecule has 6 nitrogen and oxygen atoms in total. The highest BCUT2D eigenvalue weighted by atomic mass is 16.5. The van der Waals surface area contributed by atoms with Crippen LogP contribution in [0.4, 0.5) is 0 Å². The maximum absolute atomic E-state index is 11.3. The first-order valence-corrected chi connectivity index (χ1v) is 7.18. The highest BCUT2D eigenvalue weighted by Gasteiger charge is 2.27. The number of primary amides is 1. The second-order valence-corrected chi connectivity index (χ2v) is 5.63. The Hall–Kier alpha value is -0.690. The molecule has 1 amide bonds. The van der Waals surface area contributed by atoms with Gasteiger partial charge in [-0.25, -0.2) is 0 Å². The summed E-state index contributed by atoms with van der Waals surface area (Å²) in [6.45, 7) is 5.88. The van der Waals surface area contributed by atoms with Crippen LogP contribution in [-0.2, 0) is 9.53 Å². The Kier molecular flexibility index (Phi) is 5.57. The number of nitrogens with zero attached hydrogens (tertiary/aromatic N) is 2. The van der Waals surface area contributed by atoms with Crippen molar-refractivity contribution in [1.29, 1.82) is 0 Å². The monoisotopic (exact) mass is 270 g/mol. The quantitative estimate of drug-likeness (QED) is 0.660. The smallest absolute Gasteiger partial charge is 0.231 e. The lowest BCUT2D eigenvalue weighted by molar-refractivity contribution is -0.121. The molecular weight excluding hydrogens is 244 g/mol. The van der Waals surface area contributed by atoms with E-state index in [4.69, 9.17) is 10.5 Å². The molecule has 0 spiro atoms. The van der Waals surface area contributed by atoms with E-state index >= 15 is 0 Å². The van der Waals surface area contributed by atoms with E-state index in [-0.39, 0.29) is 12.0 Å². The molecule has 19 heavy (non-hydrogen) atoms. The standard InChI is InChI=1S/C13H26N4O2/c1-16-6-7-19-12(8-16)9-17(10-13(14)18)11-2-4-15-5-3-11/h11-12,15H,2-10H2,1H3,(H2,14,18). The maximum Gasteiger partial charge on any atom is 0.231 e. The van der Waals surface area contributed by atoms with Crippen LogP contribution in [0.5, 0.6) is 0 Å². The van der Waals surface area contributed by atoms with Crippen LogP contribution in [0.1, 0.15) is 12.8 Å². The van der Waals surface area contributed by atoms with Crippen molar-refractivity contribution in [3.05, 3.63) is 0 Å². The fourth-order valence-corrected chi connectivity index (χ4v) is 2.95. The van der Waals surface area contributed by atoms with E-state index in [0.717, 1.165) is 52.2 Å². The SMILES string of the molecule is CN1CCOC(CN(CC(N)=O)C2CCNCC2)C1. The normalized spacial score (nSPS) is 26.7. The minimum Gasteiger partial charge on any atom is -0.374 e. The van der Waals surface area contributed by atoms with Crippen molar-refractivity contribution in [2.75, 3.05) is 52.9 Å². The number of carbonyl (C=O) groups is 1. The molecule has 2 fully saturated rings. The largest absolute Gasteiger partial charge is 0.374 e. The minimum atomic E-state index is -0.248. The van der Waals surface area contributed by atoms with Crippen molar-refractivity contribution in [3.63, 3.8) is 0 Å². The molecule has 110 valence electrons. The van der Waals surface area contributed by atoms with Gasteiger partial charge in [-0.2, -0.15) is 0 Å². The van der Waals surface area contributed by atoms with Crippen molar-refractivity contribution in [1.82, 2.24) is 15.1 Å². The molecule has 2 saturated heterocycles. The highest BCUT2D eigenvalue weighted by molar-refractivity contribution is 5.75. The Morgan fingerprint density at radius 1 is 1.47 bits per heavy atom. The number of likely N-dealkylation sites (N-methyl/N-ethyl adjacent to an activating group) is 1. The first-order valence-electron chi connectivity index (χ1n) is 7.18. The Bertz CT molecular complexity index is 294. The summed E-state index contributed by atoms with van der Waals surface area (Å²) < 4.78 is 5.80. The van der Waals surface area contributed by atoms with Gasteiger partial charge < -0.3 is 20.7 Å². The van der Waals surface area contributed by atoms with Gasteiger partial charge in [-0.15, -0.1) is 0 Å². The van der Waals surface area contributed by atoms with Gasteiger partial charge in [0.15, 0.2) is 0 Å². The lowest BCUT2D eigenvalue weighted by Crippen LogP contribution is -2.52. The van der Waals surface area contributed by atoms with Crippen molar-refractivity contribution >= 4 is 5.91 Å². The number of morpholine rings is 1. The average molecular weight is 270 g/mol. The summed E-state index contributed by atoms with van der Waals surface area (Å²) in [4.78, 5) is 15.8. The first-order chi connectivity index (χ1) is 9.15. The van der Waals surface area contributed by atoms with Gasteiger partial charge in [0.25, 0.3) is 0 Å². The third-order valence-corrected chi connectivity index (χ3v) is 3.96. The van der Waals surface area contributed by atoms with E-state index < -0.39 is 0 Å². The molecule has 0 radical (unpaired) electrons. The van der Waals surface area contributed by atoms with E-state index in [1.807, 2.05) is 0 Å². The second-order valence-electron chi connectivity index (χ2n) is 5.63. The van der Waals surface area contributed by atoms with Crippen LogP contribution in [0.15, 0.2) is 0 Å². The Labute approximate surface area is 115 Å². The number of nitrogens with two attached hydrogens (primary N) is 1. The van der Waals surface area contributed by atoms with Gasteiger partial charge in [-0.3, -0.25) is 9.69 Å². The molecule has 2 aliphatic heterocycles. The predicted octanol–water partition coefficient (Wildman–Crippen LogP) is -1.14. The number of hydrogen-bond donors (Lipinski definition) is 2. The van der Waals surface area contributed by atoms with E-state index in [0.29, 0.717) is 12.6 Å². The molecule has 1 unspecified atom stereocenters. The van der Waals surface area contributed by atoms with Gasteiger partial charge in [0, 0.05) is 25.7 Å². The van der Waals surface area contributed by atoms with Gasteiger partial charge in [0.2, 0.25) is 5.91 Å². The summed E-state index contributed by atoms with van der Waals surface area (Å²) in [7, 11) is 2.11. The lowest BCUT2D eigenvalue weighted by Gasteiger charge is -2.38. The number of nitrogens with one attached hydrogen (secondary N) is 1. The number of piperidine rings is 1. The van der Waals surface area contributed by atoms with E-state index in [2.05, 4.69) is 22.2 Å². The van der Waals surface area contributed by atoms with E-state index in [1.165, 1.54) is 0 Å². The molecule has 2 rings (SSSR count). The Balaban J connectivity index is 1.90. The zero-order valence-corrected chi connectivity index (χ0v) is 11.8. The molecule has 0 saturated carbocycles. The Morgan fingerprint density at radius 2 is 2.21 bits per heavy atom. The number of amides is 1. The van der Waals surface area contributed by atoms with Crippen LogP contribution in [0.2, 0.25) is 0 Å². The maximum atomic E-state index is 11.3. The van der Waals surface area contributed by atoms with Crippen LogP contribution < -0.4 is 11.1 Å². The number of ether oxygens (including phenoxy) is 1. The lowest BCUT2D eigenvalue weighted by atomic mass is 10.0. The molecule has 0 aliphatic carbocycles. The van der Waals surface area contributed by atoms with E-state index in [9.17, 15) is 4.79 Å². The van der Waals surface area contributed by atoms with Crippen molar-refractivity contribution < 1.29 is 9.53 Å². The number of carbonyl (C=O) groups excluding carboxylic acids is 1. The third kappa shape index (κ3) is 4.72. The molecule has 0 aromatic carbocycles. The number of rotatable bonds is 5. The molecule has 2 heterocycles. The zero-order valence-electron chi connectivity index (χ0n) is 11.8. The molecule has 0 bridgehead atoms. The molecule has 3 N–H and O–H groups in total. The van der Waals surface area contributed by atoms with Gasteiger partial charge in [-0.1, -0.05) is 0 Å². The predicted molar refractivity (Wildman–Crippen MR) is 73.9 cm³/mol. The van der Waals surface area contributed by atoms with Crippen molar-refractivity contribution in [2.24, 2.45) is 5.73 Å². The molecular formula is C13H26N4O2. The van der Waals surface area contributed by atoms with E-state index in [1.54, 1.807) is 0 Å². The minimum absolute atomic E-state index is 0.188. The topological polar surface area (TPSA) is 70.8 Å². The summed E-state index contributed by atoms with van der Waals surface area (Å²) in [5, 5.41) is 3.35. The summed E-state index contributed by atoms with van der Waals surface area (Å²) >= 11 is 0. The summed E-state index contributed by atoms with van der Waals surface area (Å²) in [5.41, 5.74) is 5.38. The zero-order chi connectivity index (χ0) is 13.7. The summed E-state index contributed by atoms with van der Waals surface area (Å²) in [6.07, 6.45) is 2.35. The molecule has 1 atom stereocenters. The van der Waals surface area contributed by atoms with Crippen LogP contribution in [0.25, 0.3) is 0 Å². The molecule has 6 heteroatoms. The average Bonchev–Trinajstić information content (AvgIpc) is 2.38. The third-order valence-electron chi connectivity index (χ3n) is 3.96. The van der Waals surface area contributed by atoms with Crippen LogP contribution >= 0.6 is 0 Å². The Morgan fingerprint density at radius 3 is 2.84 bits per heavy atom. The van der Waals surface area contributed by atoms with Crippen molar-refractivity contribution in [3.8, 4) is 0 Å². The summed E-state index contributed by atoms with van der Waals surface area (Å²) in [5.74, 6) is -0.248. The molecule has 0 aromatic heterocycles.